The molecule has 6 atom stereocenters. The lowest BCUT2D eigenvalue weighted by Gasteiger charge is -2.45. The van der Waals surface area contributed by atoms with Crippen molar-refractivity contribution in [1.29, 1.82) is 0 Å². The molecule has 1 aliphatic heterocycles. The molecule has 0 saturated heterocycles. The maximum atomic E-state index is 11.1. The highest BCUT2D eigenvalue weighted by Gasteiger charge is 2.53. The summed E-state index contributed by atoms with van der Waals surface area (Å²) < 4.78 is 6.47. The Hall–Kier alpha value is -0.680. The standard InChI is InChI=1S/C25H47N3O2/c1-5-7-8-9-10-13-16-30-24-18-23(29)22(17-19(24)25(3,4)6-2)28-26-20-14-11-12-15-21(20)27(26)28/h19-24,29H,5-18H2,1-4H3. The monoisotopic (exact) mass is 421 g/mol. The van der Waals surface area contributed by atoms with E-state index in [1.54, 1.807) is 0 Å². The Kier molecular flexibility index (Phi) is 7.08. The Morgan fingerprint density at radius 1 is 0.833 bits per heavy atom. The summed E-state index contributed by atoms with van der Waals surface area (Å²) >= 11 is 0. The van der Waals surface area contributed by atoms with Crippen LogP contribution in [-0.4, -0.2) is 38.3 Å². The first kappa shape index (κ1) is 22.5. The van der Waals surface area contributed by atoms with E-state index >= 15 is 0 Å². The molecule has 2 fully saturated rings. The molecule has 5 heteroatoms. The first-order valence-electron chi connectivity index (χ1n) is 13.2. The van der Waals surface area contributed by atoms with Gasteiger partial charge in [0.2, 0.25) is 0 Å². The van der Waals surface area contributed by atoms with Crippen LogP contribution in [0.5, 0.6) is 0 Å². The van der Waals surface area contributed by atoms with Gasteiger partial charge >= 0.3 is 0 Å². The summed E-state index contributed by atoms with van der Waals surface area (Å²) in [5, 5.41) is 11.1. The van der Waals surface area contributed by atoms with Gasteiger partial charge in [-0.1, -0.05) is 79.1 Å². The lowest BCUT2D eigenvalue weighted by atomic mass is 9.66. The summed E-state index contributed by atoms with van der Waals surface area (Å²) in [5.74, 6) is 0.514. The molecule has 2 aliphatic carbocycles. The molecular formula is C25H47N3O2. The van der Waals surface area contributed by atoms with Crippen molar-refractivity contribution >= 4 is 0 Å². The Morgan fingerprint density at radius 3 is 2.07 bits per heavy atom. The molecular weight excluding hydrogens is 374 g/mol. The molecule has 0 radical (unpaired) electrons. The smallest absolute Gasteiger partial charge is 0.0971 e. The fourth-order valence-electron chi connectivity index (χ4n) is 6.39. The summed E-state index contributed by atoms with van der Waals surface area (Å²) in [5.41, 5.74) is 0.247. The second kappa shape index (κ2) is 9.44. The SMILES string of the molecule is CCCCCCCCOC1CC(O)C(n2n3n2C2CCCCC23)CC1C(C)(C)CC. The number of hydrogen-bond donors (Lipinski definition) is 1. The van der Waals surface area contributed by atoms with Crippen molar-refractivity contribution < 1.29 is 9.84 Å². The summed E-state index contributed by atoms with van der Waals surface area (Å²) in [4.78, 5) is 7.37. The van der Waals surface area contributed by atoms with Gasteiger partial charge in [0.15, 0.2) is 0 Å². The van der Waals surface area contributed by atoms with E-state index in [0.717, 1.165) is 32.3 Å². The molecule has 4 rings (SSSR count). The van der Waals surface area contributed by atoms with Crippen LogP contribution in [0.1, 0.15) is 129 Å². The molecule has 1 N–H and O–H groups in total. The van der Waals surface area contributed by atoms with Crippen molar-refractivity contribution in [3.63, 3.8) is 0 Å². The molecule has 5 nitrogen and oxygen atoms in total. The van der Waals surface area contributed by atoms with Gasteiger partial charge in [-0.05, 0) is 37.0 Å². The lowest BCUT2D eigenvalue weighted by molar-refractivity contribution is -0.103. The van der Waals surface area contributed by atoms with Crippen LogP contribution in [0.3, 0.4) is 0 Å². The highest BCUT2D eigenvalue weighted by Crippen LogP contribution is 2.53. The Morgan fingerprint density at radius 2 is 1.43 bits per heavy atom. The summed E-state index contributed by atoms with van der Waals surface area (Å²) in [7, 11) is 0. The highest BCUT2D eigenvalue weighted by molar-refractivity contribution is 5.01. The predicted octanol–water partition coefficient (Wildman–Crippen LogP) is 6.25. The summed E-state index contributed by atoms with van der Waals surface area (Å²) in [6, 6.07) is 1.66. The van der Waals surface area contributed by atoms with Crippen molar-refractivity contribution in [1.82, 2.24) is 14.4 Å². The predicted molar refractivity (Wildman–Crippen MR) is 122 cm³/mol. The zero-order chi connectivity index (χ0) is 21.3. The number of rotatable bonds is 11. The van der Waals surface area contributed by atoms with Gasteiger partial charge < -0.3 is 9.84 Å². The van der Waals surface area contributed by atoms with E-state index in [4.69, 9.17) is 4.74 Å². The molecule has 0 amide bonds. The molecule has 0 spiro atoms. The minimum absolute atomic E-state index is 0.201. The van der Waals surface area contributed by atoms with Crippen LogP contribution in [-0.2, 0) is 4.74 Å². The molecule has 174 valence electrons. The van der Waals surface area contributed by atoms with Crippen LogP contribution in [0.4, 0.5) is 0 Å². The normalized spacial score (nSPS) is 33.9. The number of unbranched alkanes of at least 4 members (excludes halogenated alkanes) is 5. The zero-order valence-corrected chi connectivity index (χ0v) is 20.1. The number of ether oxygens (including phenoxy) is 1. The van der Waals surface area contributed by atoms with Crippen LogP contribution in [0.25, 0.3) is 0 Å². The summed E-state index contributed by atoms with van der Waals surface area (Å²) in [6.45, 7) is 10.3. The van der Waals surface area contributed by atoms with Crippen molar-refractivity contribution in [3.8, 4) is 0 Å². The van der Waals surface area contributed by atoms with Crippen molar-refractivity contribution in [2.75, 3.05) is 6.61 Å². The molecule has 0 bridgehead atoms. The van der Waals surface area contributed by atoms with Crippen LogP contribution < -0.4 is 0 Å². The quantitative estimate of drug-likeness (QED) is 0.429. The maximum absolute atomic E-state index is 11.1. The molecule has 0 aromatic carbocycles. The van der Waals surface area contributed by atoms with Gasteiger partial charge in [0, 0.05) is 13.0 Å². The van der Waals surface area contributed by atoms with Crippen LogP contribution in [0.15, 0.2) is 0 Å². The van der Waals surface area contributed by atoms with E-state index in [1.807, 2.05) is 0 Å². The van der Waals surface area contributed by atoms with E-state index in [9.17, 15) is 5.11 Å². The number of aliphatic hydroxyl groups is 1. The van der Waals surface area contributed by atoms with Gasteiger partial charge in [-0.2, -0.15) is 14.4 Å². The largest absolute Gasteiger partial charge is 0.391 e. The van der Waals surface area contributed by atoms with E-state index in [0.29, 0.717) is 18.0 Å². The van der Waals surface area contributed by atoms with Crippen LogP contribution >= 0.6 is 0 Å². The molecule has 30 heavy (non-hydrogen) atoms. The van der Waals surface area contributed by atoms with Gasteiger partial charge in [-0.3, -0.25) is 0 Å². The number of fused-ring (bicyclic) bond motifs is 4. The minimum atomic E-state index is -0.281. The van der Waals surface area contributed by atoms with E-state index < -0.39 is 0 Å². The average Bonchev–Trinajstić information content (AvgIpc) is 3.39. The van der Waals surface area contributed by atoms with Gasteiger partial charge in [-0.15, -0.1) is 0 Å². The van der Waals surface area contributed by atoms with E-state index in [-0.39, 0.29) is 23.7 Å². The average molecular weight is 422 g/mol. The maximum Gasteiger partial charge on any atom is 0.0971 e. The van der Waals surface area contributed by atoms with Crippen LogP contribution in [0.2, 0.25) is 0 Å². The number of aromatic nitrogens is 3. The Labute approximate surface area is 184 Å². The van der Waals surface area contributed by atoms with Crippen molar-refractivity contribution in [3.05, 3.63) is 0 Å². The number of aliphatic hydroxyl groups excluding tert-OH is 1. The number of nitrogens with zero attached hydrogens (tertiary/aromatic N) is 3. The third-order valence-corrected chi connectivity index (χ3v) is 8.79. The number of hydrogen-bond acceptors (Lipinski definition) is 2. The van der Waals surface area contributed by atoms with Gasteiger partial charge in [0.25, 0.3) is 0 Å². The molecule has 1 aromatic heterocycles. The molecule has 2 heterocycles. The van der Waals surface area contributed by atoms with Crippen LogP contribution in [0, 0.1) is 11.3 Å². The fourth-order valence-corrected chi connectivity index (χ4v) is 6.39. The third-order valence-electron chi connectivity index (χ3n) is 8.79. The third kappa shape index (κ3) is 4.30. The lowest BCUT2D eigenvalue weighted by Crippen LogP contribution is -2.46. The summed E-state index contributed by atoms with van der Waals surface area (Å²) in [6.07, 6.45) is 16.1. The second-order valence-electron chi connectivity index (χ2n) is 11.1. The van der Waals surface area contributed by atoms with Gasteiger partial charge in [-0.25, -0.2) is 0 Å². The second-order valence-corrected chi connectivity index (χ2v) is 11.1. The van der Waals surface area contributed by atoms with E-state index in [2.05, 4.69) is 42.1 Å². The molecule has 2 saturated carbocycles. The minimum Gasteiger partial charge on any atom is -0.391 e. The first-order chi connectivity index (χ1) is 14.5. The first-order valence-corrected chi connectivity index (χ1v) is 13.2. The molecule has 1 aromatic rings. The zero-order valence-electron chi connectivity index (χ0n) is 20.1. The van der Waals surface area contributed by atoms with E-state index in [1.165, 1.54) is 57.8 Å². The Bertz CT molecular complexity index is 633. The molecule has 3 aliphatic rings. The topological polar surface area (TPSA) is 44.2 Å². The Balaban J connectivity index is 1.35. The van der Waals surface area contributed by atoms with Crippen molar-refractivity contribution in [2.24, 2.45) is 11.3 Å². The molecule has 6 unspecified atom stereocenters. The highest BCUT2D eigenvalue weighted by atomic mass is 16.5. The van der Waals surface area contributed by atoms with Gasteiger partial charge in [0.1, 0.15) is 0 Å². The fraction of sp³-hybridized carbons (Fsp3) is 1.00. The van der Waals surface area contributed by atoms with Gasteiger partial charge in [0.05, 0.1) is 30.3 Å². The van der Waals surface area contributed by atoms with Crippen molar-refractivity contribution in [2.45, 2.75) is 141 Å².